The number of benzene rings is 2. The van der Waals surface area contributed by atoms with Gasteiger partial charge in [0.05, 0.1) is 12.1 Å². The average molecular weight is 453 g/mol. The third kappa shape index (κ3) is 6.54. The molecule has 0 aliphatic rings. The van der Waals surface area contributed by atoms with Crippen molar-refractivity contribution in [2.24, 2.45) is 0 Å². The van der Waals surface area contributed by atoms with Crippen LogP contribution in [0.2, 0.25) is 10.0 Å². The largest absolute Gasteiger partial charge is 0.497 e. The van der Waals surface area contributed by atoms with Gasteiger partial charge < -0.3 is 19.7 Å². The lowest BCUT2D eigenvalue weighted by molar-refractivity contribution is -0.142. The van der Waals surface area contributed by atoms with Crippen LogP contribution in [0.15, 0.2) is 42.5 Å². The second-order valence-corrected chi connectivity index (χ2v) is 7.40. The molecule has 2 aromatic carbocycles. The Kier molecular flexibility index (Phi) is 9.27. The van der Waals surface area contributed by atoms with Crippen molar-refractivity contribution in [1.29, 1.82) is 0 Å². The summed E-state index contributed by atoms with van der Waals surface area (Å²) in [4.78, 5) is 27.2. The molecule has 0 unspecified atom stereocenters. The summed E-state index contributed by atoms with van der Waals surface area (Å²) in [6, 6.07) is 11.5. The third-order valence-electron chi connectivity index (χ3n) is 4.49. The van der Waals surface area contributed by atoms with Gasteiger partial charge in [-0.1, -0.05) is 42.3 Å². The van der Waals surface area contributed by atoms with Crippen molar-refractivity contribution in [3.8, 4) is 11.5 Å². The molecule has 0 bridgehead atoms. The quantitative estimate of drug-likeness (QED) is 0.582. The summed E-state index contributed by atoms with van der Waals surface area (Å²) in [6.45, 7) is 4.19. The summed E-state index contributed by atoms with van der Waals surface area (Å²) < 4.78 is 10.8. The second-order valence-electron chi connectivity index (χ2n) is 6.55. The Morgan fingerprint density at radius 2 is 1.80 bits per heavy atom. The molecule has 0 radical (unpaired) electrons. The molecule has 0 fully saturated rings. The van der Waals surface area contributed by atoms with Crippen LogP contribution < -0.4 is 14.8 Å². The summed E-state index contributed by atoms with van der Waals surface area (Å²) in [6.07, 6.45) is 0.468. The Balaban J connectivity index is 2.21. The molecule has 0 saturated heterocycles. The van der Waals surface area contributed by atoms with Crippen LogP contribution in [-0.2, 0) is 16.1 Å². The minimum atomic E-state index is -0.621. The van der Waals surface area contributed by atoms with Crippen molar-refractivity contribution in [2.75, 3.05) is 20.3 Å². The molecule has 0 aromatic heterocycles. The van der Waals surface area contributed by atoms with Gasteiger partial charge >= 0.3 is 0 Å². The number of ether oxygens (including phenoxy) is 2. The fourth-order valence-corrected chi connectivity index (χ4v) is 3.42. The van der Waals surface area contributed by atoms with Gasteiger partial charge in [-0.05, 0) is 49.2 Å². The van der Waals surface area contributed by atoms with Crippen LogP contribution in [-0.4, -0.2) is 43.0 Å². The molecule has 0 saturated carbocycles. The van der Waals surface area contributed by atoms with E-state index in [0.29, 0.717) is 34.5 Å². The maximum absolute atomic E-state index is 13.1. The summed E-state index contributed by atoms with van der Waals surface area (Å²) in [5, 5.41) is 3.58. The minimum absolute atomic E-state index is 0.202. The molecule has 1 atom stereocenters. The van der Waals surface area contributed by atoms with Crippen LogP contribution in [0.25, 0.3) is 0 Å². The van der Waals surface area contributed by atoms with Gasteiger partial charge in [-0.2, -0.15) is 0 Å². The van der Waals surface area contributed by atoms with E-state index in [-0.39, 0.29) is 25.0 Å². The van der Waals surface area contributed by atoms with E-state index in [1.807, 2.05) is 38.1 Å². The van der Waals surface area contributed by atoms with E-state index >= 15 is 0 Å². The van der Waals surface area contributed by atoms with Crippen LogP contribution in [0.3, 0.4) is 0 Å². The molecule has 2 rings (SSSR count). The van der Waals surface area contributed by atoms with E-state index in [2.05, 4.69) is 5.32 Å². The molecule has 0 aliphatic heterocycles. The van der Waals surface area contributed by atoms with Crippen LogP contribution in [0.1, 0.15) is 25.8 Å². The molecule has 2 aromatic rings. The number of carbonyl (C=O) groups excluding carboxylic acids is 2. The molecule has 2 amide bonds. The van der Waals surface area contributed by atoms with Gasteiger partial charge in [-0.3, -0.25) is 9.59 Å². The molecule has 0 heterocycles. The zero-order chi connectivity index (χ0) is 22.1. The molecule has 1 N–H and O–H groups in total. The van der Waals surface area contributed by atoms with Gasteiger partial charge in [-0.25, -0.2) is 0 Å². The van der Waals surface area contributed by atoms with Crippen LogP contribution in [0, 0.1) is 0 Å². The first-order chi connectivity index (χ1) is 14.4. The highest BCUT2D eigenvalue weighted by atomic mass is 35.5. The lowest BCUT2D eigenvalue weighted by atomic mass is 10.1. The average Bonchev–Trinajstić information content (AvgIpc) is 2.73. The van der Waals surface area contributed by atoms with Crippen LogP contribution in [0.4, 0.5) is 0 Å². The standard InChI is InChI=1S/C22H26Cl2N2O4/c1-4-19(22(28)25-5-2)26(13-15-6-9-17(29-3)10-7-15)21(27)14-30-20-11-8-16(23)12-18(20)24/h6-12,19H,4-5,13-14H2,1-3H3,(H,25,28)/t19-/m0/s1. The second kappa shape index (κ2) is 11.7. The Morgan fingerprint density at radius 1 is 1.10 bits per heavy atom. The molecule has 162 valence electrons. The molecule has 30 heavy (non-hydrogen) atoms. The zero-order valence-corrected chi connectivity index (χ0v) is 18.8. The number of halogens is 2. The fourth-order valence-electron chi connectivity index (χ4n) is 2.95. The van der Waals surface area contributed by atoms with Gasteiger partial charge in [0, 0.05) is 18.1 Å². The number of nitrogens with one attached hydrogen (secondary N) is 1. The Morgan fingerprint density at radius 3 is 2.37 bits per heavy atom. The maximum atomic E-state index is 13.1. The topological polar surface area (TPSA) is 67.9 Å². The molecule has 8 heteroatoms. The maximum Gasteiger partial charge on any atom is 0.261 e. The molecule has 0 spiro atoms. The number of carbonyl (C=O) groups is 2. The number of amides is 2. The molecular weight excluding hydrogens is 427 g/mol. The predicted molar refractivity (Wildman–Crippen MR) is 118 cm³/mol. The Labute approximate surface area is 187 Å². The summed E-state index contributed by atoms with van der Waals surface area (Å²) >= 11 is 12.0. The normalized spacial score (nSPS) is 11.5. The highest BCUT2D eigenvalue weighted by Crippen LogP contribution is 2.27. The van der Waals surface area contributed by atoms with E-state index in [0.717, 1.165) is 5.56 Å². The first-order valence-electron chi connectivity index (χ1n) is 9.67. The SMILES string of the molecule is CCNC(=O)[C@H](CC)N(Cc1ccc(OC)cc1)C(=O)COc1ccc(Cl)cc1Cl. The van der Waals surface area contributed by atoms with Crippen LogP contribution >= 0.6 is 23.2 Å². The molecule has 0 aliphatic carbocycles. The third-order valence-corrected chi connectivity index (χ3v) is 5.02. The van der Waals surface area contributed by atoms with E-state index < -0.39 is 6.04 Å². The van der Waals surface area contributed by atoms with Crippen molar-refractivity contribution in [1.82, 2.24) is 10.2 Å². The zero-order valence-electron chi connectivity index (χ0n) is 17.3. The van der Waals surface area contributed by atoms with E-state index in [9.17, 15) is 9.59 Å². The summed E-state index contributed by atoms with van der Waals surface area (Å²) in [7, 11) is 1.59. The number of nitrogens with zero attached hydrogens (tertiary/aromatic N) is 1. The summed E-state index contributed by atoms with van der Waals surface area (Å²) in [5.74, 6) is 0.541. The van der Waals surface area contributed by atoms with Gasteiger partial charge in [0.1, 0.15) is 17.5 Å². The van der Waals surface area contributed by atoms with Crippen molar-refractivity contribution in [3.05, 3.63) is 58.1 Å². The number of likely N-dealkylation sites (N-methyl/N-ethyl adjacent to an activating group) is 1. The Hall–Kier alpha value is -2.44. The number of methoxy groups -OCH3 is 1. The van der Waals surface area contributed by atoms with Crippen molar-refractivity contribution < 1.29 is 19.1 Å². The Bertz CT molecular complexity index is 859. The lowest BCUT2D eigenvalue weighted by Crippen LogP contribution is -2.50. The van der Waals surface area contributed by atoms with Crippen molar-refractivity contribution in [2.45, 2.75) is 32.9 Å². The predicted octanol–water partition coefficient (Wildman–Crippen LogP) is 4.32. The number of hydrogen-bond acceptors (Lipinski definition) is 4. The smallest absolute Gasteiger partial charge is 0.261 e. The lowest BCUT2D eigenvalue weighted by Gasteiger charge is -2.30. The van der Waals surface area contributed by atoms with Crippen molar-refractivity contribution in [3.63, 3.8) is 0 Å². The number of hydrogen-bond donors (Lipinski definition) is 1. The molecule has 6 nitrogen and oxygen atoms in total. The van der Waals surface area contributed by atoms with Gasteiger partial charge in [0.15, 0.2) is 6.61 Å². The van der Waals surface area contributed by atoms with Crippen molar-refractivity contribution >= 4 is 35.0 Å². The van der Waals surface area contributed by atoms with Gasteiger partial charge in [0.2, 0.25) is 5.91 Å². The van der Waals surface area contributed by atoms with Crippen LogP contribution in [0.5, 0.6) is 11.5 Å². The highest BCUT2D eigenvalue weighted by Gasteiger charge is 2.28. The van der Waals surface area contributed by atoms with E-state index in [4.69, 9.17) is 32.7 Å². The summed E-state index contributed by atoms with van der Waals surface area (Å²) in [5.41, 5.74) is 0.872. The van der Waals surface area contributed by atoms with E-state index in [1.54, 1.807) is 25.3 Å². The first-order valence-corrected chi connectivity index (χ1v) is 10.4. The highest BCUT2D eigenvalue weighted by molar-refractivity contribution is 6.35. The minimum Gasteiger partial charge on any atom is -0.497 e. The van der Waals surface area contributed by atoms with E-state index in [1.165, 1.54) is 4.90 Å². The molecular formula is C22H26Cl2N2O4. The first kappa shape index (κ1) is 23.8. The fraction of sp³-hybridized carbons (Fsp3) is 0.364. The van der Waals surface area contributed by atoms with Gasteiger partial charge in [-0.15, -0.1) is 0 Å². The monoisotopic (exact) mass is 452 g/mol. The van der Waals surface area contributed by atoms with Gasteiger partial charge in [0.25, 0.3) is 5.91 Å². The number of rotatable bonds is 10.